The lowest BCUT2D eigenvalue weighted by molar-refractivity contribution is 1.31. The van der Waals surface area contributed by atoms with Crippen molar-refractivity contribution in [2.75, 3.05) is 11.9 Å². The molecule has 0 aliphatic rings. The first-order valence-corrected chi connectivity index (χ1v) is 5.08. The molecule has 0 aliphatic heterocycles. The van der Waals surface area contributed by atoms with Crippen LogP contribution in [0.4, 0.5) is 5.69 Å². The number of hydrogen-bond donors (Lipinski definition) is 1. The van der Waals surface area contributed by atoms with E-state index in [1.165, 1.54) is 0 Å². The van der Waals surface area contributed by atoms with Gasteiger partial charge in [-0.25, -0.2) is 0 Å². The van der Waals surface area contributed by atoms with Gasteiger partial charge in [-0.2, -0.15) is 5.26 Å². The molecule has 0 saturated heterocycles. The number of anilines is 1. The summed E-state index contributed by atoms with van der Waals surface area (Å²) in [5, 5.41) is 12.4. The molecule has 72 valence electrons. The van der Waals surface area contributed by atoms with Crippen LogP contribution in [0.5, 0.6) is 0 Å². The minimum Gasteiger partial charge on any atom is -0.379 e. The van der Waals surface area contributed by atoms with Crippen LogP contribution in [0.25, 0.3) is 0 Å². The number of nitrogens with zero attached hydrogens (tertiary/aromatic N) is 1. The molecular formula is C10H8BrClN2. The Bertz CT molecular complexity index is 396. The Morgan fingerprint density at radius 3 is 2.93 bits per heavy atom. The Labute approximate surface area is 96.3 Å². The molecule has 1 rings (SSSR count). The molecule has 0 fully saturated rings. The molecule has 0 heterocycles. The van der Waals surface area contributed by atoms with Gasteiger partial charge in [0.15, 0.2) is 0 Å². The Morgan fingerprint density at radius 1 is 1.64 bits per heavy atom. The standard InChI is InChI=1S/C10H8BrClN2/c1-7(11)6-14-10-4-2-3-9(12)8(10)5-13/h2-4,14H,1,6H2. The molecule has 0 aliphatic carbocycles. The van der Waals surface area contributed by atoms with E-state index in [0.717, 1.165) is 10.2 Å². The molecule has 0 amide bonds. The van der Waals surface area contributed by atoms with Crippen LogP contribution in [-0.4, -0.2) is 6.54 Å². The van der Waals surface area contributed by atoms with Gasteiger partial charge in [0.25, 0.3) is 0 Å². The summed E-state index contributed by atoms with van der Waals surface area (Å²) in [6, 6.07) is 7.34. The predicted molar refractivity (Wildman–Crippen MR) is 62.7 cm³/mol. The number of rotatable bonds is 3. The number of nitriles is 1. The van der Waals surface area contributed by atoms with Crippen LogP contribution in [-0.2, 0) is 0 Å². The Balaban J connectivity index is 2.92. The monoisotopic (exact) mass is 270 g/mol. The van der Waals surface area contributed by atoms with Crippen LogP contribution in [0.1, 0.15) is 5.56 Å². The molecule has 14 heavy (non-hydrogen) atoms. The fourth-order valence-electron chi connectivity index (χ4n) is 0.976. The van der Waals surface area contributed by atoms with Gasteiger partial charge in [-0.15, -0.1) is 0 Å². The second-order valence-electron chi connectivity index (χ2n) is 2.65. The molecule has 0 unspecified atom stereocenters. The van der Waals surface area contributed by atoms with Gasteiger partial charge in [0.1, 0.15) is 6.07 Å². The highest BCUT2D eigenvalue weighted by molar-refractivity contribution is 9.11. The average Bonchev–Trinajstić information content (AvgIpc) is 2.14. The van der Waals surface area contributed by atoms with E-state index in [1.807, 2.05) is 6.07 Å². The lowest BCUT2D eigenvalue weighted by atomic mass is 10.2. The quantitative estimate of drug-likeness (QED) is 0.913. The maximum atomic E-state index is 8.86. The molecule has 1 aromatic carbocycles. The first-order valence-electron chi connectivity index (χ1n) is 3.91. The number of nitrogens with one attached hydrogen (secondary N) is 1. The minimum atomic E-state index is 0.456. The van der Waals surface area contributed by atoms with Crippen LogP contribution in [0.2, 0.25) is 5.02 Å². The van der Waals surface area contributed by atoms with E-state index in [9.17, 15) is 0 Å². The Kier molecular flexibility index (Phi) is 3.99. The SMILES string of the molecule is C=C(Br)CNc1cccc(Cl)c1C#N. The van der Waals surface area contributed by atoms with E-state index in [4.69, 9.17) is 16.9 Å². The first-order chi connectivity index (χ1) is 6.65. The molecule has 0 aromatic heterocycles. The largest absolute Gasteiger partial charge is 0.379 e. The summed E-state index contributed by atoms with van der Waals surface area (Å²) < 4.78 is 0.821. The second kappa shape index (κ2) is 5.04. The summed E-state index contributed by atoms with van der Waals surface area (Å²) in [7, 11) is 0. The van der Waals surface area contributed by atoms with Crippen molar-refractivity contribution in [1.29, 1.82) is 5.26 Å². The number of halogens is 2. The first kappa shape index (κ1) is 11.1. The highest BCUT2D eigenvalue weighted by Gasteiger charge is 2.04. The van der Waals surface area contributed by atoms with E-state index in [1.54, 1.807) is 18.2 Å². The zero-order valence-corrected chi connectivity index (χ0v) is 9.69. The topological polar surface area (TPSA) is 35.8 Å². The van der Waals surface area contributed by atoms with Crippen LogP contribution in [0, 0.1) is 11.3 Å². The van der Waals surface area contributed by atoms with E-state index in [2.05, 4.69) is 27.8 Å². The summed E-state index contributed by atoms with van der Waals surface area (Å²) in [6.07, 6.45) is 0. The van der Waals surface area contributed by atoms with Crippen molar-refractivity contribution in [3.05, 3.63) is 39.8 Å². The molecule has 0 atom stereocenters. The third kappa shape index (κ3) is 2.76. The number of benzene rings is 1. The minimum absolute atomic E-state index is 0.456. The van der Waals surface area contributed by atoms with Gasteiger partial charge in [-0.1, -0.05) is 40.2 Å². The predicted octanol–water partition coefficient (Wildman–Crippen LogP) is 3.53. The van der Waals surface area contributed by atoms with Crippen LogP contribution < -0.4 is 5.32 Å². The van der Waals surface area contributed by atoms with Crippen LogP contribution >= 0.6 is 27.5 Å². The van der Waals surface area contributed by atoms with Crippen molar-refractivity contribution in [3.8, 4) is 6.07 Å². The van der Waals surface area contributed by atoms with Gasteiger partial charge in [0, 0.05) is 11.0 Å². The summed E-state index contributed by atoms with van der Waals surface area (Å²) in [4.78, 5) is 0. The van der Waals surface area contributed by atoms with Gasteiger partial charge < -0.3 is 5.32 Å². The van der Waals surface area contributed by atoms with Crippen molar-refractivity contribution in [2.24, 2.45) is 0 Å². The number of hydrogen-bond acceptors (Lipinski definition) is 2. The Morgan fingerprint density at radius 2 is 2.36 bits per heavy atom. The van der Waals surface area contributed by atoms with Crippen molar-refractivity contribution in [1.82, 2.24) is 0 Å². The van der Waals surface area contributed by atoms with E-state index in [0.29, 0.717) is 17.1 Å². The maximum Gasteiger partial charge on any atom is 0.103 e. The third-order valence-electron chi connectivity index (χ3n) is 1.60. The molecular weight excluding hydrogens is 263 g/mol. The van der Waals surface area contributed by atoms with Crippen LogP contribution in [0.15, 0.2) is 29.3 Å². The zero-order valence-electron chi connectivity index (χ0n) is 7.35. The van der Waals surface area contributed by atoms with Crippen LogP contribution in [0.3, 0.4) is 0 Å². The van der Waals surface area contributed by atoms with Crippen molar-refractivity contribution in [2.45, 2.75) is 0 Å². The van der Waals surface area contributed by atoms with Crippen molar-refractivity contribution < 1.29 is 0 Å². The maximum absolute atomic E-state index is 8.86. The van der Waals surface area contributed by atoms with Gasteiger partial charge in [-0.3, -0.25) is 0 Å². The molecule has 2 nitrogen and oxygen atoms in total. The lowest BCUT2D eigenvalue weighted by Crippen LogP contribution is -2.02. The molecule has 1 N–H and O–H groups in total. The van der Waals surface area contributed by atoms with Gasteiger partial charge in [0.2, 0.25) is 0 Å². The highest BCUT2D eigenvalue weighted by Crippen LogP contribution is 2.23. The molecule has 4 heteroatoms. The smallest absolute Gasteiger partial charge is 0.103 e. The molecule has 0 spiro atoms. The molecule has 0 radical (unpaired) electrons. The van der Waals surface area contributed by atoms with Gasteiger partial charge in [-0.05, 0) is 12.1 Å². The third-order valence-corrected chi connectivity index (χ3v) is 2.19. The van der Waals surface area contributed by atoms with Gasteiger partial charge in [0.05, 0.1) is 16.3 Å². The Hall–Kier alpha value is -0.980. The van der Waals surface area contributed by atoms with Crippen molar-refractivity contribution in [3.63, 3.8) is 0 Å². The molecule has 0 bridgehead atoms. The summed E-state index contributed by atoms with van der Waals surface area (Å²) in [5.74, 6) is 0. The average molecular weight is 272 g/mol. The second-order valence-corrected chi connectivity index (χ2v) is 4.17. The summed E-state index contributed by atoms with van der Waals surface area (Å²) >= 11 is 9.07. The van der Waals surface area contributed by atoms with Gasteiger partial charge >= 0.3 is 0 Å². The normalized spacial score (nSPS) is 9.21. The fraction of sp³-hybridized carbons (Fsp3) is 0.100. The zero-order chi connectivity index (χ0) is 10.6. The van der Waals surface area contributed by atoms with E-state index < -0.39 is 0 Å². The molecule has 1 aromatic rings. The lowest BCUT2D eigenvalue weighted by Gasteiger charge is -2.07. The van der Waals surface area contributed by atoms with E-state index >= 15 is 0 Å². The van der Waals surface area contributed by atoms with Crippen molar-refractivity contribution >= 4 is 33.2 Å². The van der Waals surface area contributed by atoms with E-state index in [-0.39, 0.29) is 0 Å². The highest BCUT2D eigenvalue weighted by atomic mass is 79.9. The molecule has 0 saturated carbocycles. The summed E-state index contributed by atoms with van der Waals surface area (Å²) in [5.41, 5.74) is 1.18. The summed E-state index contributed by atoms with van der Waals surface area (Å²) in [6.45, 7) is 4.25. The fourth-order valence-corrected chi connectivity index (χ4v) is 1.33.